The molecule has 82 valence electrons. The maximum atomic E-state index is 9.08. The summed E-state index contributed by atoms with van der Waals surface area (Å²) in [6.45, 7) is 4.70. The van der Waals surface area contributed by atoms with Crippen molar-refractivity contribution in [2.45, 2.75) is 26.9 Å². The summed E-state index contributed by atoms with van der Waals surface area (Å²) in [5.41, 5.74) is 1.94. The third kappa shape index (κ3) is 3.40. The summed E-state index contributed by atoms with van der Waals surface area (Å²) in [7, 11) is 0. The van der Waals surface area contributed by atoms with Crippen molar-refractivity contribution in [3.63, 3.8) is 0 Å². The van der Waals surface area contributed by atoms with Gasteiger partial charge in [0.1, 0.15) is 12.4 Å². The third-order valence-corrected chi connectivity index (χ3v) is 2.30. The lowest BCUT2D eigenvalue weighted by atomic mass is 10.1. The van der Waals surface area contributed by atoms with Gasteiger partial charge in [0.15, 0.2) is 0 Å². The quantitative estimate of drug-likeness (QED) is 0.751. The Bertz CT molecular complexity index is 329. The lowest BCUT2D eigenvalue weighted by molar-refractivity contribution is 0.279. The van der Waals surface area contributed by atoms with Crippen LogP contribution in [0.15, 0.2) is 30.4 Å². The number of hydrogen-bond acceptors (Lipinski definition) is 2. The van der Waals surface area contributed by atoms with Gasteiger partial charge >= 0.3 is 0 Å². The first-order valence-corrected chi connectivity index (χ1v) is 5.26. The van der Waals surface area contributed by atoms with Crippen LogP contribution in [0.1, 0.15) is 24.5 Å². The molecule has 1 N–H and O–H groups in total. The fourth-order valence-corrected chi connectivity index (χ4v) is 1.36. The molecule has 0 saturated heterocycles. The van der Waals surface area contributed by atoms with E-state index in [4.69, 9.17) is 9.84 Å². The Balaban J connectivity index is 2.64. The minimum absolute atomic E-state index is 0.0633. The number of allylic oxidation sites excluding steroid dienone is 1. The van der Waals surface area contributed by atoms with Gasteiger partial charge in [0.25, 0.3) is 0 Å². The number of hydrogen-bond donors (Lipinski definition) is 1. The Labute approximate surface area is 91.2 Å². The van der Waals surface area contributed by atoms with Crippen LogP contribution in [-0.2, 0) is 6.61 Å². The molecule has 0 radical (unpaired) electrons. The zero-order valence-corrected chi connectivity index (χ0v) is 9.36. The first-order valence-electron chi connectivity index (χ1n) is 5.26. The highest BCUT2D eigenvalue weighted by molar-refractivity contribution is 5.38. The Morgan fingerprint density at radius 2 is 2.13 bits per heavy atom. The van der Waals surface area contributed by atoms with Gasteiger partial charge in [0.05, 0.1) is 6.61 Å². The Hall–Kier alpha value is -1.28. The molecule has 0 aromatic heterocycles. The maximum Gasteiger partial charge on any atom is 0.123 e. The SMILES string of the molecule is CC/C=C\COc1cccc(CO)c1C. The highest BCUT2D eigenvalue weighted by Crippen LogP contribution is 2.21. The van der Waals surface area contributed by atoms with Crippen LogP contribution in [0.3, 0.4) is 0 Å². The molecule has 0 unspecified atom stereocenters. The lowest BCUT2D eigenvalue weighted by Crippen LogP contribution is -1.98. The molecular weight excluding hydrogens is 188 g/mol. The van der Waals surface area contributed by atoms with Gasteiger partial charge in [-0.15, -0.1) is 0 Å². The first-order chi connectivity index (χ1) is 7.29. The fourth-order valence-electron chi connectivity index (χ4n) is 1.36. The van der Waals surface area contributed by atoms with Crippen molar-refractivity contribution in [2.75, 3.05) is 6.61 Å². The molecule has 1 aromatic carbocycles. The second-order valence-electron chi connectivity index (χ2n) is 3.39. The van der Waals surface area contributed by atoms with Gasteiger partial charge in [-0.2, -0.15) is 0 Å². The molecule has 0 atom stereocenters. The standard InChI is InChI=1S/C13H18O2/c1-3-4-5-9-15-13-8-6-7-12(10-14)11(13)2/h4-8,14H,3,9-10H2,1-2H3/b5-4-. The molecule has 0 aliphatic rings. The third-order valence-electron chi connectivity index (χ3n) is 2.30. The molecule has 2 nitrogen and oxygen atoms in total. The average molecular weight is 206 g/mol. The molecule has 1 aromatic rings. The van der Waals surface area contributed by atoms with Crippen molar-refractivity contribution in [1.82, 2.24) is 0 Å². The van der Waals surface area contributed by atoms with Gasteiger partial charge in [-0.25, -0.2) is 0 Å². The number of benzene rings is 1. The van der Waals surface area contributed by atoms with Gasteiger partial charge < -0.3 is 9.84 Å². The smallest absolute Gasteiger partial charge is 0.123 e. The molecule has 0 aliphatic carbocycles. The summed E-state index contributed by atoms with van der Waals surface area (Å²) >= 11 is 0. The van der Waals surface area contributed by atoms with E-state index in [2.05, 4.69) is 13.0 Å². The number of aliphatic hydroxyl groups excluding tert-OH is 1. The number of aliphatic hydroxyl groups is 1. The summed E-state index contributed by atoms with van der Waals surface area (Å²) in [5.74, 6) is 0.849. The molecule has 0 heterocycles. The van der Waals surface area contributed by atoms with Crippen LogP contribution in [-0.4, -0.2) is 11.7 Å². The second-order valence-corrected chi connectivity index (χ2v) is 3.39. The molecule has 0 aliphatic heterocycles. The summed E-state index contributed by atoms with van der Waals surface area (Å²) < 4.78 is 5.58. The minimum Gasteiger partial charge on any atom is -0.489 e. The van der Waals surface area contributed by atoms with Gasteiger partial charge in [-0.3, -0.25) is 0 Å². The molecule has 15 heavy (non-hydrogen) atoms. The van der Waals surface area contributed by atoms with Gasteiger partial charge in [-0.05, 0) is 30.5 Å². The molecular formula is C13H18O2. The largest absolute Gasteiger partial charge is 0.489 e. The van der Waals surface area contributed by atoms with E-state index in [1.54, 1.807) is 0 Å². The zero-order chi connectivity index (χ0) is 11.1. The van der Waals surface area contributed by atoms with E-state index in [1.807, 2.05) is 31.2 Å². The average Bonchev–Trinajstić information content (AvgIpc) is 2.26. The summed E-state index contributed by atoms with van der Waals surface area (Å²) in [6, 6.07) is 5.73. The van der Waals surface area contributed by atoms with E-state index in [0.717, 1.165) is 23.3 Å². The summed E-state index contributed by atoms with van der Waals surface area (Å²) in [5, 5.41) is 9.08. The van der Waals surface area contributed by atoms with Gasteiger partial charge in [0.2, 0.25) is 0 Å². The normalized spacial score (nSPS) is 10.9. The van der Waals surface area contributed by atoms with Crippen LogP contribution < -0.4 is 4.74 Å². The van der Waals surface area contributed by atoms with Crippen molar-refractivity contribution >= 4 is 0 Å². The van der Waals surface area contributed by atoms with E-state index >= 15 is 0 Å². The van der Waals surface area contributed by atoms with Crippen molar-refractivity contribution in [2.24, 2.45) is 0 Å². The molecule has 0 amide bonds. The zero-order valence-electron chi connectivity index (χ0n) is 9.36. The predicted octanol–water partition coefficient (Wildman–Crippen LogP) is 2.83. The molecule has 0 saturated carbocycles. The Morgan fingerprint density at radius 3 is 2.80 bits per heavy atom. The monoisotopic (exact) mass is 206 g/mol. The topological polar surface area (TPSA) is 29.5 Å². The van der Waals surface area contributed by atoms with Crippen LogP contribution in [0.25, 0.3) is 0 Å². The van der Waals surface area contributed by atoms with Gasteiger partial charge in [-0.1, -0.05) is 31.2 Å². The molecule has 0 spiro atoms. The van der Waals surface area contributed by atoms with E-state index < -0.39 is 0 Å². The molecule has 0 fully saturated rings. The summed E-state index contributed by atoms with van der Waals surface area (Å²) in [6.07, 6.45) is 5.11. The van der Waals surface area contributed by atoms with E-state index in [-0.39, 0.29) is 6.61 Å². The predicted molar refractivity (Wildman–Crippen MR) is 62.0 cm³/mol. The van der Waals surface area contributed by atoms with Crippen molar-refractivity contribution in [1.29, 1.82) is 0 Å². The molecule has 1 rings (SSSR count). The lowest BCUT2D eigenvalue weighted by Gasteiger charge is -2.09. The van der Waals surface area contributed by atoms with Crippen LogP contribution >= 0.6 is 0 Å². The Kier molecular flexibility index (Phi) is 4.91. The second kappa shape index (κ2) is 6.25. The van der Waals surface area contributed by atoms with E-state index in [1.165, 1.54) is 0 Å². The van der Waals surface area contributed by atoms with Crippen LogP contribution in [0.4, 0.5) is 0 Å². The van der Waals surface area contributed by atoms with Crippen LogP contribution in [0.5, 0.6) is 5.75 Å². The van der Waals surface area contributed by atoms with E-state index in [0.29, 0.717) is 6.61 Å². The van der Waals surface area contributed by atoms with Crippen LogP contribution in [0.2, 0.25) is 0 Å². The summed E-state index contributed by atoms with van der Waals surface area (Å²) in [4.78, 5) is 0. The first kappa shape index (κ1) is 11.8. The van der Waals surface area contributed by atoms with Crippen molar-refractivity contribution in [3.8, 4) is 5.75 Å². The van der Waals surface area contributed by atoms with Gasteiger partial charge in [0, 0.05) is 0 Å². The van der Waals surface area contributed by atoms with Crippen molar-refractivity contribution < 1.29 is 9.84 Å². The highest BCUT2D eigenvalue weighted by Gasteiger charge is 2.02. The van der Waals surface area contributed by atoms with Crippen molar-refractivity contribution in [3.05, 3.63) is 41.5 Å². The van der Waals surface area contributed by atoms with E-state index in [9.17, 15) is 0 Å². The molecule has 2 heteroatoms. The number of rotatable bonds is 5. The van der Waals surface area contributed by atoms with Crippen LogP contribution in [0, 0.1) is 6.92 Å². The minimum atomic E-state index is 0.0633. The number of ether oxygens (including phenoxy) is 1. The highest BCUT2D eigenvalue weighted by atomic mass is 16.5. The fraction of sp³-hybridized carbons (Fsp3) is 0.385. The maximum absolute atomic E-state index is 9.08. The molecule has 0 bridgehead atoms. The Morgan fingerprint density at radius 1 is 1.33 bits per heavy atom.